The summed E-state index contributed by atoms with van der Waals surface area (Å²) in [5, 5.41) is 2.71. The number of carbonyl (C=O) groups excluding carboxylic acids is 2. The Morgan fingerprint density at radius 3 is 2.67 bits per heavy atom. The number of thioether (sulfide) groups is 1. The third-order valence-electron chi connectivity index (χ3n) is 5.54. The van der Waals surface area contributed by atoms with Crippen molar-refractivity contribution in [1.82, 2.24) is 24.8 Å². The number of para-hydroxylation sites is 2. The summed E-state index contributed by atoms with van der Waals surface area (Å²) in [6.07, 6.45) is -2.63. The molecule has 3 heterocycles. The van der Waals surface area contributed by atoms with Gasteiger partial charge in [-0.25, -0.2) is 4.98 Å². The largest absolute Gasteiger partial charge is 0.414 e. The highest BCUT2D eigenvalue weighted by Crippen LogP contribution is 2.32. The highest BCUT2D eigenvalue weighted by Gasteiger charge is 2.45. The van der Waals surface area contributed by atoms with Gasteiger partial charge in [0.05, 0.1) is 22.5 Å². The summed E-state index contributed by atoms with van der Waals surface area (Å²) in [7, 11) is 1.85. The van der Waals surface area contributed by atoms with Crippen LogP contribution in [0.4, 0.5) is 13.2 Å². The number of likely N-dealkylation sites (tertiary alicyclic amines) is 1. The first kappa shape index (κ1) is 23.1. The van der Waals surface area contributed by atoms with Crippen LogP contribution in [0.1, 0.15) is 24.6 Å². The number of alkyl halides is 3. The van der Waals surface area contributed by atoms with Gasteiger partial charge in [0.1, 0.15) is 6.04 Å². The van der Waals surface area contributed by atoms with Crippen molar-refractivity contribution in [2.75, 3.05) is 12.3 Å². The summed E-state index contributed by atoms with van der Waals surface area (Å²) in [5.41, 5.74) is 1.44. The number of aromatic nitrogens is 3. The summed E-state index contributed by atoms with van der Waals surface area (Å²) in [6.45, 7) is 0.320. The lowest BCUT2D eigenvalue weighted by molar-refractivity contribution is -0.165. The molecule has 2 aromatic heterocycles. The number of imidazole rings is 1. The molecule has 1 saturated heterocycles. The van der Waals surface area contributed by atoms with Crippen molar-refractivity contribution >= 4 is 34.6 Å². The van der Waals surface area contributed by atoms with Crippen LogP contribution in [-0.2, 0) is 16.6 Å². The van der Waals surface area contributed by atoms with Crippen molar-refractivity contribution in [1.29, 1.82) is 0 Å². The van der Waals surface area contributed by atoms with E-state index in [0.29, 0.717) is 24.5 Å². The smallest absolute Gasteiger partial charge is 0.338 e. The maximum absolute atomic E-state index is 13.6. The van der Waals surface area contributed by atoms with Crippen LogP contribution in [0.3, 0.4) is 0 Å². The molecule has 7 nitrogen and oxygen atoms in total. The molecule has 3 aromatic rings. The van der Waals surface area contributed by atoms with Crippen LogP contribution in [0.2, 0.25) is 0 Å². The molecule has 0 bridgehead atoms. The Balaban J connectivity index is 1.43. The van der Waals surface area contributed by atoms with Gasteiger partial charge in [-0.15, -0.1) is 0 Å². The topological polar surface area (TPSA) is 80.1 Å². The molecule has 1 unspecified atom stereocenters. The summed E-state index contributed by atoms with van der Waals surface area (Å²) < 4.78 is 42.7. The van der Waals surface area contributed by atoms with Gasteiger partial charge in [-0.3, -0.25) is 14.6 Å². The first-order chi connectivity index (χ1) is 15.8. The quantitative estimate of drug-likeness (QED) is 0.550. The van der Waals surface area contributed by atoms with Gasteiger partial charge in [0.15, 0.2) is 11.2 Å². The Bertz CT molecular complexity index is 1150. The minimum Gasteiger partial charge on any atom is -0.338 e. The monoisotopic (exact) mass is 477 g/mol. The number of hydrogen-bond acceptors (Lipinski definition) is 5. The lowest BCUT2D eigenvalue weighted by Crippen LogP contribution is -2.49. The summed E-state index contributed by atoms with van der Waals surface area (Å²) in [5.74, 6) is -1.11. The van der Waals surface area contributed by atoms with Crippen molar-refractivity contribution < 1.29 is 22.8 Å². The highest BCUT2D eigenvalue weighted by atomic mass is 32.2. The zero-order valence-electron chi connectivity index (χ0n) is 17.7. The molecule has 0 saturated carbocycles. The van der Waals surface area contributed by atoms with E-state index in [9.17, 15) is 22.8 Å². The van der Waals surface area contributed by atoms with Gasteiger partial charge in [-0.2, -0.15) is 13.2 Å². The molecular formula is C22H22F3N5O2S. The molecule has 2 atom stereocenters. The molecule has 33 heavy (non-hydrogen) atoms. The van der Waals surface area contributed by atoms with E-state index in [2.05, 4.69) is 15.3 Å². The van der Waals surface area contributed by atoms with E-state index in [1.54, 1.807) is 0 Å². The number of fused-ring (bicyclic) bond motifs is 1. The number of nitrogens with zero attached hydrogens (tertiary/aromatic N) is 4. The van der Waals surface area contributed by atoms with Gasteiger partial charge < -0.3 is 14.8 Å². The van der Waals surface area contributed by atoms with E-state index in [1.807, 2.05) is 35.9 Å². The number of nitrogens with one attached hydrogen (secondary N) is 1. The fraction of sp³-hybridized carbons (Fsp3) is 0.364. The zero-order chi connectivity index (χ0) is 23.6. The molecule has 4 rings (SSSR count). The summed E-state index contributed by atoms with van der Waals surface area (Å²) in [4.78, 5) is 35.3. The fourth-order valence-corrected chi connectivity index (χ4v) is 4.78. The van der Waals surface area contributed by atoms with Gasteiger partial charge in [-0.05, 0) is 37.1 Å². The van der Waals surface area contributed by atoms with Crippen LogP contribution in [0.5, 0.6) is 0 Å². The Hall–Kier alpha value is -3.08. The number of benzene rings is 1. The molecule has 1 aromatic carbocycles. The molecule has 11 heteroatoms. The molecule has 2 amide bonds. The second-order valence-corrected chi connectivity index (χ2v) is 8.66. The van der Waals surface area contributed by atoms with Crippen molar-refractivity contribution in [3.63, 3.8) is 0 Å². The number of rotatable bonds is 6. The lowest BCUT2D eigenvalue weighted by Gasteiger charge is -2.27. The molecule has 0 aliphatic carbocycles. The minimum absolute atomic E-state index is 0.0316. The second kappa shape index (κ2) is 9.42. The minimum atomic E-state index is -4.71. The van der Waals surface area contributed by atoms with Gasteiger partial charge in [-0.1, -0.05) is 30.0 Å². The Kier molecular flexibility index (Phi) is 6.59. The van der Waals surface area contributed by atoms with E-state index < -0.39 is 24.2 Å². The van der Waals surface area contributed by atoms with E-state index in [4.69, 9.17) is 0 Å². The Morgan fingerprint density at radius 2 is 1.97 bits per heavy atom. The third kappa shape index (κ3) is 4.97. The van der Waals surface area contributed by atoms with Crippen molar-refractivity contribution in [2.45, 2.75) is 36.3 Å². The normalized spacial score (nSPS) is 17.3. The van der Waals surface area contributed by atoms with E-state index in [1.165, 1.54) is 41.1 Å². The predicted octanol–water partition coefficient (Wildman–Crippen LogP) is 3.47. The lowest BCUT2D eigenvalue weighted by atomic mass is 10.1. The van der Waals surface area contributed by atoms with Crippen LogP contribution < -0.4 is 5.32 Å². The van der Waals surface area contributed by atoms with Crippen molar-refractivity contribution in [3.8, 4) is 0 Å². The van der Waals surface area contributed by atoms with Crippen LogP contribution >= 0.6 is 11.8 Å². The van der Waals surface area contributed by atoms with Crippen molar-refractivity contribution in [3.05, 3.63) is 54.4 Å². The number of aryl methyl sites for hydroxylation is 1. The standard InChI is InChI=1S/C22H22F3N5O2S/c1-29-16-9-3-2-7-14(16)27-21(29)33-13-18(31)30-12-6-10-17(30)20(32)28-19(22(23,24)25)15-8-4-5-11-26-15/h2-5,7-9,11,17,19H,6,10,12-13H2,1H3,(H,28,32)/t17-,19?/m0/s1. The Morgan fingerprint density at radius 1 is 1.21 bits per heavy atom. The molecular weight excluding hydrogens is 455 g/mol. The summed E-state index contributed by atoms with van der Waals surface area (Å²) >= 11 is 1.24. The SMILES string of the molecule is Cn1c(SCC(=O)N2CCC[C@H]2C(=O)NC(c2ccccn2)C(F)(F)F)nc2ccccc21. The molecule has 1 fully saturated rings. The van der Waals surface area contributed by atoms with Crippen LogP contribution in [0.15, 0.2) is 53.8 Å². The number of pyridine rings is 1. The fourth-order valence-electron chi connectivity index (χ4n) is 3.91. The number of carbonyl (C=O) groups is 2. The molecule has 0 spiro atoms. The van der Waals surface area contributed by atoms with Gasteiger partial charge in [0.25, 0.3) is 0 Å². The maximum atomic E-state index is 13.6. The van der Waals surface area contributed by atoms with Crippen LogP contribution in [0, 0.1) is 0 Å². The van der Waals surface area contributed by atoms with E-state index >= 15 is 0 Å². The average Bonchev–Trinajstić information content (AvgIpc) is 3.41. The molecule has 1 N–H and O–H groups in total. The maximum Gasteiger partial charge on any atom is 0.414 e. The molecule has 1 aliphatic heterocycles. The van der Waals surface area contributed by atoms with Gasteiger partial charge in [0, 0.05) is 19.8 Å². The van der Waals surface area contributed by atoms with Gasteiger partial charge >= 0.3 is 6.18 Å². The highest BCUT2D eigenvalue weighted by molar-refractivity contribution is 7.99. The first-order valence-corrected chi connectivity index (χ1v) is 11.4. The van der Waals surface area contributed by atoms with E-state index in [-0.39, 0.29) is 17.4 Å². The van der Waals surface area contributed by atoms with Crippen LogP contribution in [-0.4, -0.2) is 55.8 Å². The first-order valence-electron chi connectivity index (χ1n) is 10.4. The number of halogens is 3. The number of hydrogen-bond donors (Lipinski definition) is 1. The average molecular weight is 478 g/mol. The van der Waals surface area contributed by atoms with Gasteiger partial charge in [0.2, 0.25) is 11.8 Å². The van der Waals surface area contributed by atoms with Crippen molar-refractivity contribution in [2.24, 2.45) is 7.05 Å². The van der Waals surface area contributed by atoms with Crippen LogP contribution in [0.25, 0.3) is 11.0 Å². The molecule has 0 radical (unpaired) electrons. The second-order valence-electron chi connectivity index (χ2n) is 7.71. The summed E-state index contributed by atoms with van der Waals surface area (Å²) in [6, 6.07) is 8.52. The van der Waals surface area contributed by atoms with E-state index in [0.717, 1.165) is 11.0 Å². The molecule has 174 valence electrons. The molecule has 1 aliphatic rings. The number of amides is 2. The zero-order valence-corrected chi connectivity index (χ0v) is 18.6. The Labute approximate surface area is 192 Å². The third-order valence-corrected chi connectivity index (χ3v) is 6.56. The predicted molar refractivity (Wildman–Crippen MR) is 117 cm³/mol.